The fraction of sp³-hybridized carbons (Fsp3) is 0.333. The van der Waals surface area contributed by atoms with E-state index in [9.17, 15) is 9.59 Å². The molecular formula is C21H25N3O2. The maximum atomic E-state index is 12.9. The van der Waals surface area contributed by atoms with Crippen LogP contribution in [0.5, 0.6) is 0 Å². The Bertz CT molecular complexity index is 810. The van der Waals surface area contributed by atoms with E-state index in [1.165, 1.54) is 4.90 Å². The number of urea groups is 1. The predicted molar refractivity (Wildman–Crippen MR) is 104 cm³/mol. The maximum Gasteiger partial charge on any atom is 0.323 e. The topological polar surface area (TPSA) is 66.6 Å². The molecule has 1 saturated heterocycles. The van der Waals surface area contributed by atoms with Gasteiger partial charge in [-0.05, 0) is 63.7 Å². The molecule has 2 N–H and O–H groups in total. The lowest BCUT2D eigenvalue weighted by Gasteiger charge is -2.28. The van der Waals surface area contributed by atoms with E-state index in [0.29, 0.717) is 11.3 Å². The van der Waals surface area contributed by atoms with Crippen molar-refractivity contribution < 1.29 is 9.59 Å². The van der Waals surface area contributed by atoms with Crippen LogP contribution >= 0.6 is 0 Å². The van der Waals surface area contributed by atoms with E-state index in [0.717, 1.165) is 37.2 Å². The van der Waals surface area contributed by atoms with Crippen LogP contribution in [0.15, 0.2) is 48.5 Å². The Hall–Kier alpha value is -2.66. The molecule has 1 aliphatic rings. The molecule has 3 rings (SSSR count). The van der Waals surface area contributed by atoms with E-state index in [-0.39, 0.29) is 11.7 Å². The molecule has 26 heavy (non-hydrogen) atoms. The molecule has 0 unspecified atom stereocenters. The minimum absolute atomic E-state index is 0.0435. The van der Waals surface area contributed by atoms with E-state index in [4.69, 9.17) is 5.73 Å². The average molecular weight is 351 g/mol. The largest absolute Gasteiger partial charge is 0.351 e. The highest BCUT2D eigenvalue weighted by Crippen LogP contribution is 2.30. The molecule has 2 amide bonds. The fourth-order valence-corrected chi connectivity index (χ4v) is 3.50. The van der Waals surface area contributed by atoms with Gasteiger partial charge in [-0.1, -0.05) is 30.3 Å². The number of hydrogen-bond acceptors (Lipinski definition) is 3. The normalized spacial score (nSPS) is 15.6. The molecule has 2 aromatic carbocycles. The summed E-state index contributed by atoms with van der Waals surface area (Å²) in [4.78, 5) is 28.7. The second-order valence-electron chi connectivity index (χ2n) is 6.95. The van der Waals surface area contributed by atoms with Crippen LogP contribution < -0.4 is 10.6 Å². The summed E-state index contributed by atoms with van der Waals surface area (Å²) < 4.78 is 0. The Balaban J connectivity index is 1.91. The van der Waals surface area contributed by atoms with E-state index >= 15 is 0 Å². The summed E-state index contributed by atoms with van der Waals surface area (Å²) in [7, 11) is 2.08. The van der Waals surface area contributed by atoms with Gasteiger partial charge in [0.25, 0.3) is 0 Å². The lowest BCUT2D eigenvalue weighted by Crippen LogP contribution is -2.34. The Morgan fingerprint density at radius 1 is 1.08 bits per heavy atom. The number of nitrogens with two attached hydrogens (primary N) is 1. The molecule has 0 aliphatic carbocycles. The Morgan fingerprint density at radius 2 is 1.77 bits per heavy atom. The van der Waals surface area contributed by atoms with Gasteiger partial charge in [0.15, 0.2) is 5.78 Å². The lowest BCUT2D eigenvalue weighted by atomic mass is 9.89. The number of hydrogen-bond donors (Lipinski definition) is 1. The number of primary amides is 1. The summed E-state index contributed by atoms with van der Waals surface area (Å²) >= 11 is 0. The van der Waals surface area contributed by atoms with Crippen LogP contribution in [0.2, 0.25) is 0 Å². The SMILES string of the molecule is Cc1ccccc1N(C(N)=O)c1cccc(C(=O)C2CCN(C)CC2)c1. The van der Waals surface area contributed by atoms with Crippen LogP contribution in [-0.4, -0.2) is 36.9 Å². The Kier molecular flexibility index (Phi) is 5.38. The zero-order valence-corrected chi connectivity index (χ0v) is 15.3. The lowest BCUT2D eigenvalue weighted by molar-refractivity contribution is 0.0857. The fourth-order valence-electron chi connectivity index (χ4n) is 3.50. The Labute approximate surface area is 154 Å². The van der Waals surface area contributed by atoms with Gasteiger partial charge in [-0.25, -0.2) is 4.79 Å². The number of likely N-dealkylation sites (tertiary alicyclic amines) is 1. The standard InChI is InChI=1S/C21H25N3O2/c1-15-6-3-4-9-19(15)24(21(22)26)18-8-5-7-17(14-18)20(25)16-10-12-23(2)13-11-16/h3-9,14,16H,10-13H2,1-2H3,(H2,22,26). The van der Waals surface area contributed by atoms with E-state index < -0.39 is 6.03 Å². The first kappa shape index (κ1) is 18.1. The number of Topliss-reactive ketones (excluding diaryl/α,β-unsaturated/α-hetero) is 1. The first-order chi connectivity index (χ1) is 12.5. The van der Waals surface area contributed by atoms with Gasteiger partial charge in [0.1, 0.15) is 0 Å². The highest BCUT2D eigenvalue weighted by Gasteiger charge is 2.25. The number of rotatable bonds is 4. The molecule has 2 aromatic rings. The highest BCUT2D eigenvalue weighted by molar-refractivity contribution is 6.02. The molecule has 5 heteroatoms. The summed E-state index contributed by atoms with van der Waals surface area (Å²) in [6, 6.07) is 14.2. The molecule has 0 saturated carbocycles. The van der Waals surface area contributed by atoms with Crippen molar-refractivity contribution in [3.63, 3.8) is 0 Å². The zero-order chi connectivity index (χ0) is 18.7. The van der Waals surface area contributed by atoms with E-state index in [2.05, 4.69) is 11.9 Å². The number of para-hydroxylation sites is 1. The van der Waals surface area contributed by atoms with Crippen molar-refractivity contribution in [2.24, 2.45) is 11.7 Å². The van der Waals surface area contributed by atoms with Crippen molar-refractivity contribution in [1.82, 2.24) is 4.90 Å². The van der Waals surface area contributed by atoms with Crippen molar-refractivity contribution in [2.75, 3.05) is 25.0 Å². The zero-order valence-electron chi connectivity index (χ0n) is 15.3. The number of ketones is 1. The van der Waals surface area contributed by atoms with Gasteiger partial charge in [-0.2, -0.15) is 0 Å². The molecule has 5 nitrogen and oxygen atoms in total. The van der Waals surface area contributed by atoms with Crippen LogP contribution in [0.1, 0.15) is 28.8 Å². The number of amides is 2. The molecule has 0 bridgehead atoms. The van der Waals surface area contributed by atoms with Gasteiger partial charge < -0.3 is 10.6 Å². The maximum absolute atomic E-state index is 12.9. The molecular weight excluding hydrogens is 326 g/mol. The van der Waals surface area contributed by atoms with Gasteiger partial charge in [-0.15, -0.1) is 0 Å². The van der Waals surface area contributed by atoms with Gasteiger partial charge in [0.05, 0.1) is 11.4 Å². The van der Waals surface area contributed by atoms with Gasteiger partial charge in [-0.3, -0.25) is 9.69 Å². The summed E-state index contributed by atoms with van der Waals surface area (Å²) in [5.41, 5.74) is 8.57. The summed E-state index contributed by atoms with van der Waals surface area (Å²) in [6.45, 7) is 3.80. The minimum atomic E-state index is -0.566. The van der Waals surface area contributed by atoms with Gasteiger partial charge >= 0.3 is 6.03 Å². The predicted octanol–water partition coefficient (Wildman–Crippen LogP) is 3.74. The van der Waals surface area contributed by atoms with Crippen LogP contribution in [0.3, 0.4) is 0 Å². The number of piperidine rings is 1. The molecule has 1 aliphatic heterocycles. The summed E-state index contributed by atoms with van der Waals surface area (Å²) in [5.74, 6) is 0.191. The average Bonchev–Trinajstić information content (AvgIpc) is 2.64. The number of carbonyl (C=O) groups is 2. The number of nitrogens with zero attached hydrogens (tertiary/aromatic N) is 2. The van der Waals surface area contributed by atoms with Crippen molar-refractivity contribution in [1.29, 1.82) is 0 Å². The first-order valence-corrected chi connectivity index (χ1v) is 8.95. The van der Waals surface area contributed by atoms with Crippen molar-refractivity contribution in [3.05, 3.63) is 59.7 Å². The van der Waals surface area contributed by atoms with Crippen molar-refractivity contribution >= 4 is 23.2 Å². The second-order valence-corrected chi connectivity index (χ2v) is 6.95. The summed E-state index contributed by atoms with van der Waals surface area (Å²) in [6.07, 6.45) is 1.74. The second kappa shape index (κ2) is 7.70. The molecule has 136 valence electrons. The van der Waals surface area contributed by atoms with Crippen LogP contribution in [0, 0.1) is 12.8 Å². The molecule has 1 heterocycles. The number of benzene rings is 2. The number of anilines is 2. The number of carbonyl (C=O) groups excluding carboxylic acids is 2. The van der Waals surface area contributed by atoms with E-state index in [1.54, 1.807) is 6.07 Å². The van der Waals surface area contributed by atoms with Crippen molar-refractivity contribution in [3.8, 4) is 0 Å². The first-order valence-electron chi connectivity index (χ1n) is 8.95. The molecule has 0 aromatic heterocycles. The van der Waals surface area contributed by atoms with Gasteiger partial charge in [0.2, 0.25) is 0 Å². The number of aryl methyl sites for hydroxylation is 1. The van der Waals surface area contributed by atoms with E-state index in [1.807, 2.05) is 49.4 Å². The third kappa shape index (κ3) is 3.78. The highest BCUT2D eigenvalue weighted by atomic mass is 16.2. The minimum Gasteiger partial charge on any atom is -0.351 e. The van der Waals surface area contributed by atoms with Crippen LogP contribution in [0.25, 0.3) is 0 Å². The third-order valence-corrected chi connectivity index (χ3v) is 5.05. The Morgan fingerprint density at radius 3 is 2.42 bits per heavy atom. The molecule has 0 atom stereocenters. The molecule has 0 spiro atoms. The quantitative estimate of drug-likeness (QED) is 0.854. The van der Waals surface area contributed by atoms with Crippen molar-refractivity contribution in [2.45, 2.75) is 19.8 Å². The van der Waals surface area contributed by atoms with Gasteiger partial charge in [0, 0.05) is 11.5 Å². The smallest absolute Gasteiger partial charge is 0.323 e. The van der Waals surface area contributed by atoms with Crippen LogP contribution in [-0.2, 0) is 0 Å². The summed E-state index contributed by atoms with van der Waals surface area (Å²) in [5, 5.41) is 0. The molecule has 1 fully saturated rings. The monoisotopic (exact) mass is 351 g/mol. The third-order valence-electron chi connectivity index (χ3n) is 5.05. The molecule has 0 radical (unpaired) electrons. The van der Waals surface area contributed by atoms with Crippen LogP contribution in [0.4, 0.5) is 16.2 Å².